The predicted molar refractivity (Wildman–Crippen MR) is 79.3 cm³/mol. The van der Waals surface area contributed by atoms with Gasteiger partial charge >= 0.3 is 0 Å². The van der Waals surface area contributed by atoms with E-state index in [0.717, 1.165) is 49.0 Å². The fourth-order valence-corrected chi connectivity index (χ4v) is 2.99. The van der Waals surface area contributed by atoms with Crippen molar-refractivity contribution in [1.29, 1.82) is 0 Å². The van der Waals surface area contributed by atoms with Crippen LogP contribution in [-0.4, -0.2) is 41.4 Å². The maximum atomic E-state index is 5.44. The second kappa shape index (κ2) is 6.27. The molecule has 1 aliphatic heterocycles. The zero-order valence-corrected chi connectivity index (χ0v) is 11.9. The summed E-state index contributed by atoms with van der Waals surface area (Å²) < 4.78 is 5.38. The fourth-order valence-electron chi connectivity index (χ4n) is 2.24. The number of rotatable bonds is 4. The number of anilines is 1. The summed E-state index contributed by atoms with van der Waals surface area (Å²) >= 11 is 1.67. The molecule has 1 aliphatic rings. The molecule has 7 heteroatoms. The monoisotopic (exact) mass is 291 g/mol. The number of nitrogen functional groups attached to an aromatic ring is 1. The molecule has 1 fully saturated rings. The third-order valence-corrected chi connectivity index (χ3v) is 4.15. The van der Waals surface area contributed by atoms with E-state index < -0.39 is 0 Å². The lowest BCUT2D eigenvalue weighted by Gasteiger charge is -2.27. The molecule has 0 unspecified atom stereocenters. The van der Waals surface area contributed by atoms with Crippen LogP contribution < -0.4 is 11.3 Å². The first-order valence-electron chi connectivity index (χ1n) is 6.54. The molecule has 0 aromatic carbocycles. The van der Waals surface area contributed by atoms with E-state index >= 15 is 0 Å². The summed E-state index contributed by atoms with van der Waals surface area (Å²) in [5.41, 5.74) is 4.64. The second-order valence-corrected chi connectivity index (χ2v) is 5.56. The van der Waals surface area contributed by atoms with Gasteiger partial charge in [-0.3, -0.25) is 4.90 Å². The summed E-state index contributed by atoms with van der Waals surface area (Å²) in [5.74, 6) is 6.03. The maximum absolute atomic E-state index is 5.44. The van der Waals surface area contributed by atoms with Crippen molar-refractivity contribution in [3.63, 3.8) is 0 Å². The lowest BCUT2D eigenvalue weighted by atomic mass is 10.1. The van der Waals surface area contributed by atoms with Crippen molar-refractivity contribution in [1.82, 2.24) is 15.1 Å². The topological polar surface area (TPSA) is 76.3 Å². The van der Waals surface area contributed by atoms with Gasteiger partial charge in [-0.2, -0.15) is 0 Å². The molecular formula is C13H17N5OS. The smallest absolute Gasteiger partial charge is 0.162 e. The van der Waals surface area contributed by atoms with Gasteiger partial charge in [0.1, 0.15) is 5.69 Å². The SMILES string of the molecule is NNc1cc(CN2CCOCC2)c(-c2cccs2)nn1. The molecule has 0 saturated carbocycles. The standard InChI is InChI=1S/C13H17N5OS/c14-15-12-8-10(9-18-3-5-19-6-4-18)13(17-16-12)11-2-1-7-20-11/h1-2,7-8H,3-6,9,14H2,(H,15,16). The largest absolute Gasteiger partial charge is 0.379 e. The molecule has 0 radical (unpaired) electrons. The molecule has 0 atom stereocenters. The van der Waals surface area contributed by atoms with E-state index in [-0.39, 0.29) is 0 Å². The molecule has 0 aliphatic carbocycles. The van der Waals surface area contributed by atoms with Crippen LogP contribution in [0.5, 0.6) is 0 Å². The van der Waals surface area contributed by atoms with Crippen molar-refractivity contribution in [2.24, 2.45) is 5.84 Å². The van der Waals surface area contributed by atoms with E-state index in [1.165, 1.54) is 0 Å². The number of nitrogens with two attached hydrogens (primary N) is 1. The van der Waals surface area contributed by atoms with Crippen molar-refractivity contribution in [2.75, 3.05) is 31.7 Å². The molecule has 0 amide bonds. The Morgan fingerprint density at radius 1 is 1.35 bits per heavy atom. The highest BCUT2D eigenvalue weighted by Crippen LogP contribution is 2.27. The average molecular weight is 291 g/mol. The Labute approximate surface area is 121 Å². The number of thiophene rings is 1. The summed E-state index contributed by atoms with van der Waals surface area (Å²) in [4.78, 5) is 3.49. The first kappa shape index (κ1) is 13.4. The number of hydrogen-bond donors (Lipinski definition) is 2. The number of hydrazine groups is 1. The van der Waals surface area contributed by atoms with Crippen molar-refractivity contribution < 1.29 is 4.74 Å². The molecule has 3 heterocycles. The van der Waals surface area contributed by atoms with Gasteiger partial charge < -0.3 is 10.2 Å². The van der Waals surface area contributed by atoms with Crippen molar-refractivity contribution >= 4 is 17.2 Å². The Morgan fingerprint density at radius 3 is 2.90 bits per heavy atom. The number of hydrogen-bond acceptors (Lipinski definition) is 7. The van der Waals surface area contributed by atoms with Crippen molar-refractivity contribution in [2.45, 2.75) is 6.54 Å². The van der Waals surface area contributed by atoms with Gasteiger partial charge in [-0.25, -0.2) is 5.84 Å². The van der Waals surface area contributed by atoms with Crippen LogP contribution >= 0.6 is 11.3 Å². The van der Waals surface area contributed by atoms with Crippen LogP contribution in [-0.2, 0) is 11.3 Å². The summed E-state index contributed by atoms with van der Waals surface area (Å²) in [6.07, 6.45) is 0. The van der Waals surface area contributed by atoms with E-state index in [4.69, 9.17) is 10.6 Å². The minimum Gasteiger partial charge on any atom is -0.379 e. The molecule has 20 heavy (non-hydrogen) atoms. The number of aromatic nitrogens is 2. The third-order valence-electron chi connectivity index (χ3n) is 3.27. The fraction of sp³-hybridized carbons (Fsp3) is 0.385. The second-order valence-electron chi connectivity index (χ2n) is 4.61. The van der Waals surface area contributed by atoms with Gasteiger partial charge in [-0.1, -0.05) is 6.07 Å². The zero-order valence-electron chi connectivity index (χ0n) is 11.1. The summed E-state index contributed by atoms with van der Waals surface area (Å²) in [7, 11) is 0. The number of morpholine rings is 1. The van der Waals surface area contributed by atoms with Crippen LogP contribution in [0.4, 0.5) is 5.82 Å². The van der Waals surface area contributed by atoms with Crippen molar-refractivity contribution in [3.8, 4) is 10.6 Å². The Kier molecular flexibility index (Phi) is 4.22. The van der Waals surface area contributed by atoms with E-state index in [1.54, 1.807) is 11.3 Å². The van der Waals surface area contributed by atoms with Gasteiger partial charge in [-0.15, -0.1) is 21.5 Å². The summed E-state index contributed by atoms with van der Waals surface area (Å²) in [6.45, 7) is 4.29. The minimum atomic E-state index is 0.591. The van der Waals surface area contributed by atoms with Crippen LogP contribution in [0.25, 0.3) is 10.6 Å². The zero-order chi connectivity index (χ0) is 13.8. The van der Waals surface area contributed by atoms with E-state index in [9.17, 15) is 0 Å². The lowest BCUT2D eigenvalue weighted by Crippen LogP contribution is -2.35. The molecule has 0 spiro atoms. The third kappa shape index (κ3) is 2.96. The molecule has 2 aromatic rings. The Bertz CT molecular complexity index is 554. The van der Waals surface area contributed by atoms with Crippen LogP contribution in [0.1, 0.15) is 5.56 Å². The molecule has 0 bridgehead atoms. The maximum Gasteiger partial charge on any atom is 0.162 e. The first-order valence-corrected chi connectivity index (χ1v) is 7.42. The molecule has 1 saturated heterocycles. The summed E-state index contributed by atoms with van der Waals surface area (Å²) in [5, 5.41) is 10.4. The number of ether oxygens (including phenoxy) is 1. The van der Waals surface area contributed by atoms with E-state index in [0.29, 0.717) is 5.82 Å². The molecule has 6 nitrogen and oxygen atoms in total. The van der Waals surface area contributed by atoms with E-state index in [2.05, 4.69) is 26.6 Å². The number of nitrogens with one attached hydrogen (secondary N) is 1. The molecule has 106 valence electrons. The van der Waals surface area contributed by atoms with Crippen LogP contribution in [0.2, 0.25) is 0 Å². The van der Waals surface area contributed by atoms with Gasteiger partial charge in [0, 0.05) is 19.6 Å². The highest BCUT2D eigenvalue weighted by atomic mass is 32.1. The number of nitrogens with zero attached hydrogens (tertiary/aromatic N) is 3. The van der Waals surface area contributed by atoms with Crippen LogP contribution in [0.15, 0.2) is 23.6 Å². The normalized spacial score (nSPS) is 16.2. The van der Waals surface area contributed by atoms with Gasteiger partial charge in [0.2, 0.25) is 0 Å². The highest BCUT2D eigenvalue weighted by molar-refractivity contribution is 7.13. The quantitative estimate of drug-likeness (QED) is 0.653. The average Bonchev–Trinajstić information content (AvgIpc) is 3.02. The van der Waals surface area contributed by atoms with Gasteiger partial charge in [0.15, 0.2) is 5.82 Å². The van der Waals surface area contributed by atoms with Gasteiger partial charge in [0.05, 0.1) is 18.1 Å². The Balaban J connectivity index is 1.89. The highest BCUT2D eigenvalue weighted by Gasteiger charge is 2.16. The van der Waals surface area contributed by atoms with E-state index in [1.807, 2.05) is 17.5 Å². The lowest BCUT2D eigenvalue weighted by molar-refractivity contribution is 0.0342. The molecule has 2 aromatic heterocycles. The Morgan fingerprint density at radius 2 is 2.20 bits per heavy atom. The van der Waals surface area contributed by atoms with Crippen LogP contribution in [0.3, 0.4) is 0 Å². The predicted octanol–water partition coefficient (Wildman–Crippen LogP) is 1.32. The Hall–Kier alpha value is -1.54. The first-order chi connectivity index (χ1) is 9.86. The summed E-state index contributed by atoms with van der Waals surface area (Å²) in [6, 6.07) is 6.06. The van der Waals surface area contributed by atoms with Crippen molar-refractivity contribution in [3.05, 3.63) is 29.1 Å². The van der Waals surface area contributed by atoms with Gasteiger partial charge in [-0.05, 0) is 23.1 Å². The van der Waals surface area contributed by atoms with Gasteiger partial charge in [0.25, 0.3) is 0 Å². The molecule has 3 N–H and O–H groups in total. The van der Waals surface area contributed by atoms with Crippen LogP contribution in [0, 0.1) is 0 Å². The molecular weight excluding hydrogens is 274 g/mol. The minimum absolute atomic E-state index is 0.591. The molecule has 3 rings (SSSR count).